The molecular weight excluding hydrogens is 264 g/mol. The van der Waals surface area contributed by atoms with Crippen molar-refractivity contribution in [2.75, 3.05) is 11.1 Å². The third-order valence-electron chi connectivity index (χ3n) is 2.37. The van der Waals surface area contributed by atoms with Crippen molar-refractivity contribution in [3.8, 4) is 0 Å². The van der Waals surface area contributed by atoms with Gasteiger partial charge in [-0.25, -0.2) is 0 Å². The number of para-hydroxylation sites is 1. The minimum Gasteiger partial charge on any atom is -0.322 e. The standard InChI is InChI=1S/C13H14N2OS2/c1-3-17-13-11(9(2)15-18-13)12(16)14-10-7-5-4-6-8-10/h4-8H,3H2,1-2H3,(H,14,16). The van der Waals surface area contributed by atoms with E-state index in [0.29, 0.717) is 5.56 Å². The van der Waals surface area contributed by atoms with Crippen molar-refractivity contribution in [2.45, 2.75) is 18.1 Å². The molecule has 2 aromatic rings. The Balaban J connectivity index is 2.21. The van der Waals surface area contributed by atoms with E-state index < -0.39 is 0 Å². The van der Waals surface area contributed by atoms with Crippen LogP contribution in [0.3, 0.4) is 0 Å². The number of hydrogen-bond donors (Lipinski definition) is 1. The zero-order valence-electron chi connectivity index (χ0n) is 10.3. The van der Waals surface area contributed by atoms with Gasteiger partial charge in [-0.15, -0.1) is 11.8 Å². The molecule has 1 aromatic carbocycles. The molecule has 0 aliphatic heterocycles. The van der Waals surface area contributed by atoms with Crippen molar-refractivity contribution in [3.63, 3.8) is 0 Å². The van der Waals surface area contributed by atoms with Gasteiger partial charge in [0.2, 0.25) is 0 Å². The van der Waals surface area contributed by atoms with Crippen LogP contribution in [0, 0.1) is 6.92 Å². The number of thioether (sulfide) groups is 1. The monoisotopic (exact) mass is 278 g/mol. The number of hydrogen-bond acceptors (Lipinski definition) is 4. The molecule has 94 valence electrons. The fraction of sp³-hybridized carbons (Fsp3) is 0.231. The molecule has 2 rings (SSSR count). The minimum atomic E-state index is -0.0802. The van der Waals surface area contributed by atoms with Crippen LogP contribution in [0.1, 0.15) is 23.0 Å². The molecule has 1 N–H and O–H groups in total. The van der Waals surface area contributed by atoms with E-state index in [1.807, 2.05) is 37.3 Å². The van der Waals surface area contributed by atoms with Gasteiger partial charge in [-0.05, 0) is 36.3 Å². The number of benzene rings is 1. The van der Waals surface area contributed by atoms with E-state index in [9.17, 15) is 4.79 Å². The van der Waals surface area contributed by atoms with Crippen LogP contribution in [-0.2, 0) is 0 Å². The predicted octanol–water partition coefficient (Wildman–Crippen LogP) is 3.82. The van der Waals surface area contributed by atoms with Crippen LogP contribution in [0.15, 0.2) is 34.5 Å². The molecule has 0 radical (unpaired) electrons. The maximum absolute atomic E-state index is 12.2. The molecule has 3 nitrogen and oxygen atoms in total. The lowest BCUT2D eigenvalue weighted by molar-refractivity contribution is 0.102. The van der Waals surface area contributed by atoms with E-state index in [4.69, 9.17) is 0 Å². The Morgan fingerprint density at radius 1 is 1.39 bits per heavy atom. The maximum atomic E-state index is 12.2. The highest BCUT2D eigenvalue weighted by molar-refractivity contribution is 8.01. The summed E-state index contributed by atoms with van der Waals surface area (Å²) in [4.78, 5) is 12.2. The summed E-state index contributed by atoms with van der Waals surface area (Å²) in [5, 5.41) is 2.90. The van der Waals surface area contributed by atoms with E-state index >= 15 is 0 Å². The van der Waals surface area contributed by atoms with E-state index in [0.717, 1.165) is 21.3 Å². The first-order chi connectivity index (χ1) is 8.72. The number of aromatic nitrogens is 1. The van der Waals surface area contributed by atoms with Gasteiger partial charge in [0.05, 0.1) is 15.5 Å². The molecule has 0 unspecified atom stereocenters. The Kier molecular flexibility index (Phi) is 4.38. The molecule has 0 spiro atoms. The van der Waals surface area contributed by atoms with Crippen LogP contribution in [0.25, 0.3) is 0 Å². The largest absolute Gasteiger partial charge is 0.322 e. The summed E-state index contributed by atoms with van der Waals surface area (Å²) in [5.74, 6) is 0.858. The van der Waals surface area contributed by atoms with E-state index in [2.05, 4.69) is 16.6 Å². The van der Waals surface area contributed by atoms with Crippen molar-refractivity contribution < 1.29 is 4.79 Å². The highest BCUT2D eigenvalue weighted by Crippen LogP contribution is 2.29. The molecule has 1 amide bonds. The summed E-state index contributed by atoms with van der Waals surface area (Å²) in [6.07, 6.45) is 0. The fourth-order valence-electron chi connectivity index (χ4n) is 1.55. The summed E-state index contributed by atoms with van der Waals surface area (Å²) < 4.78 is 5.25. The van der Waals surface area contributed by atoms with Gasteiger partial charge in [-0.2, -0.15) is 4.37 Å². The fourth-order valence-corrected chi connectivity index (χ4v) is 3.52. The maximum Gasteiger partial charge on any atom is 0.259 e. The number of carbonyl (C=O) groups excluding carboxylic acids is 1. The Hall–Kier alpha value is -1.33. The number of nitrogens with zero attached hydrogens (tertiary/aromatic N) is 1. The van der Waals surface area contributed by atoms with Gasteiger partial charge in [-0.1, -0.05) is 25.1 Å². The SMILES string of the molecule is CCSc1snc(C)c1C(=O)Nc1ccccc1. The molecule has 0 saturated carbocycles. The lowest BCUT2D eigenvalue weighted by atomic mass is 10.2. The van der Waals surface area contributed by atoms with E-state index in [1.165, 1.54) is 11.5 Å². The Labute approximate surface area is 115 Å². The highest BCUT2D eigenvalue weighted by atomic mass is 32.2. The lowest BCUT2D eigenvalue weighted by Crippen LogP contribution is -2.13. The number of rotatable bonds is 4. The summed E-state index contributed by atoms with van der Waals surface area (Å²) >= 11 is 3.05. The summed E-state index contributed by atoms with van der Waals surface area (Å²) in [6.45, 7) is 3.94. The minimum absolute atomic E-state index is 0.0802. The second kappa shape index (κ2) is 6.02. The molecule has 1 heterocycles. The first kappa shape index (κ1) is 13.1. The smallest absolute Gasteiger partial charge is 0.259 e. The third-order valence-corrected chi connectivity index (χ3v) is 4.43. The van der Waals surface area contributed by atoms with Crippen LogP contribution < -0.4 is 5.32 Å². The molecule has 0 atom stereocenters. The molecule has 18 heavy (non-hydrogen) atoms. The summed E-state index contributed by atoms with van der Waals surface area (Å²) in [5.41, 5.74) is 2.31. The quantitative estimate of drug-likeness (QED) is 0.865. The third kappa shape index (κ3) is 2.91. The molecule has 0 bridgehead atoms. The average molecular weight is 278 g/mol. The lowest BCUT2D eigenvalue weighted by Gasteiger charge is -2.05. The Morgan fingerprint density at radius 3 is 2.78 bits per heavy atom. The van der Waals surface area contributed by atoms with Gasteiger partial charge >= 0.3 is 0 Å². The molecule has 5 heteroatoms. The van der Waals surface area contributed by atoms with E-state index in [1.54, 1.807) is 11.8 Å². The van der Waals surface area contributed by atoms with Gasteiger partial charge in [0, 0.05) is 5.69 Å². The highest BCUT2D eigenvalue weighted by Gasteiger charge is 2.18. The molecule has 0 aliphatic carbocycles. The number of anilines is 1. The number of amides is 1. The Bertz CT molecular complexity index is 537. The molecule has 0 saturated heterocycles. The topological polar surface area (TPSA) is 42.0 Å². The second-order valence-electron chi connectivity index (χ2n) is 3.68. The van der Waals surface area contributed by atoms with Gasteiger partial charge in [-0.3, -0.25) is 4.79 Å². The van der Waals surface area contributed by atoms with Crippen LogP contribution in [0.2, 0.25) is 0 Å². The zero-order valence-corrected chi connectivity index (χ0v) is 11.9. The first-order valence-electron chi connectivity index (χ1n) is 5.68. The summed E-state index contributed by atoms with van der Waals surface area (Å²) in [7, 11) is 0. The van der Waals surface area contributed by atoms with Crippen LogP contribution >= 0.6 is 23.3 Å². The van der Waals surface area contributed by atoms with Crippen molar-refractivity contribution in [3.05, 3.63) is 41.6 Å². The first-order valence-corrected chi connectivity index (χ1v) is 7.43. The van der Waals surface area contributed by atoms with Crippen LogP contribution in [-0.4, -0.2) is 16.0 Å². The van der Waals surface area contributed by atoms with E-state index in [-0.39, 0.29) is 5.91 Å². The van der Waals surface area contributed by atoms with Crippen molar-refractivity contribution in [1.82, 2.24) is 4.37 Å². The number of aryl methyl sites for hydroxylation is 1. The average Bonchev–Trinajstić information content (AvgIpc) is 2.72. The molecule has 1 aromatic heterocycles. The molecule has 0 aliphatic rings. The van der Waals surface area contributed by atoms with Crippen LogP contribution in [0.4, 0.5) is 5.69 Å². The Morgan fingerprint density at radius 2 is 2.11 bits per heavy atom. The van der Waals surface area contributed by atoms with Gasteiger partial charge in [0.15, 0.2) is 0 Å². The predicted molar refractivity (Wildman–Crippen MR) is 77.6 cm³/mol. The van der Waals surface area contributed by atoms with Crippen molar-refractivity contribution in [1.29, 1.82) is 0 Å². The van der Waals surface area contributed by atoms with Gasteiger partial charge in [0.1, 0.15) is 0 Å². The van der Waals surface area contributed by atoms with Crippen molar-refractivity contribution >= 4 is 34.9 Å². The molecule has 0 fully saturated rings. The summed E-state index contributed by atoms with van der Waals surface area (Å²) in [6, 6.07) is 9.47. The zero-order chi connectivity index (χ0) is 13.0. The molecular formula is C13H14N2OS2. The normalized spacial score (nSPS) is 10.3. The van der Waals surface area contributed by atoms with Crippen LogP contribution in [0.5, 0.6) is 0 Å². The second-order valence-corrected chi connectivity index (χ2v) is 5.99. The number of carbonyl (C=O) groups is 1. The van der Waals surface area contributed by atoms with Gasteiger partial charge in [0.25, 0.3) is 5.91 Å². The van der Waals surface area contributed by atoms with Crippen molar-refractivity contribution in [2.24, 2.45) is 0 Å². The van der Waals surface area contributed by atoms with Gasteiger partial charge < -0.3 is 5.32 Å². The number of nitrogens with one attached hydrogen (secondary N) is 1.